The van der Waals surface area contributed by atoms with Gasteiger partial charge in [-0.25, -0.2) is 15.0 Å². The number of ether oxygens (including phenoxy) is 1. The van der Waals surface area contributed by atoms with Crippen molar-refractivity contribution in [1.29, 1.82) is 0 Å². The molecule has 1 aliphatic heterocycles. The summed E-state index contributed by atoms with van der Waals surface area (Å²) in [4.78, 5) is 13.6. The number of fused-ring (bicyclic) bond motifs is 3. The Morgan fingerprint density at radius 2 is 2.04 bits per heavy atom. The molecule has 6 heteroatoms. The lowest BCUT2D eigenvalue weighted by atomic mass is 10.2. The molecule has 0 atom stereocenters. The van der Waals surface area contributed by atoms with Crippen molar-refractivity contribution >= 4 is 17.0 Å². The first kappa shape index (κ1) is 14.0. The van der Waals surface area contributed by atoms with Crippen molar-refractivity contribution in [2.75, 3.05) is 12.4 Å². The molecule has 0 fully saturated rings. The first-order chi connectivity index (χ1) is 11.3. The second kappa shape index (κ2) is 5.87. The van der Waals surface area contributed by atoms with E-state index >= 15 is 0 Å². The van der Waals surface area contributed by atoms with Crippen molar-refractivity contribution in [1.82, 2.24) is 19.5 Å². The highest BCUT2D eigenvalue weighted by Gasteiger charge is 2.18. The minimum atomic E-state index is 0.693. The van der Waals surface area contributed by atoms with Gasteiger partial charge in [-0.1, -0.05) is 12.1 Å². The Morgan fingerprint density at radius 1 is 1.17 bits per heavy atom. The summed E-state index contributed by atoms with van der Waals surface area (Å²) in [6.07, 6.45) is 5.03. The fourth-order valence-corrected chi connectivity index (χ4v) is 3.02. The Balaban J connectivity index is 1.59. The first-order valence-electron chi connectivity index (χ1n) is 7.92. The molecule has 1 N–H and O–H groups in total. The van der Waals surface area contributed by atoms with Crippen molar-refractivity contribution in [3.63, 3.8) is 0 Å². The molecule has 4 rings (SSSR count). The molecule has 0 unspecified atom stereocenters. The van der Waals surface area contributed by atoms with Gasteiger partial charge < -0.3 is 14.6 Å². The van der Waals surface area contributed by atoms with Crippen molar-refractivity contribution in [2.24, 2.45) is 0 Å². The van der Waals surface area contributed by atoms with Crippen LogP contribution in [0.4, 0.5) is 5.82 Å². The number of aryl methyl sites for hydroxylation is 2. The van der Waals surface area contributed by atoms with Crippen LogP contribution < -0.4 is 10.1 Å². The number of nitrogens with one attached hydrogen (secondary N) is 1. The van der Waals surface area contributed by atoms with Crippen LogP contribution >= 0.6 is 0 Å². The van der Waals surface area contributed by atoms with E-state index in [-0.39, 0.29) is 0 Å². The Kier molecular flexibility index (Phi) is 3.57. The molecule has 118 valence electrons. The molecule has 23 heavy (non-hydrogen) atoms. The smallest absolute Gasteiger partial charge is 0.165 e. The first-order valence-corrected chi connectivity index (χ1v) is 7.92. The number of rotatable bonds is 4. The van der Waals surface area contributed by atoms with Gasteiger partial charge in [-0.15, -0.1) is 0 Å². The van der Waals surface area contributed by atoms with Crippen LogP contribution in [0.3, 0.4) is 0 Å². The molecule has 0 radical (unpaired) electrons. The second-order valence-corrected chi connectivity index (χ2v) is 5.73. The second-order valence-electron chi connectivity index (χ2n) is 5.73. The van der Waals surface area contributed by atoms with Gasteiger partial charge in [0.25, 0.3) is 0 Å². The molecule has 2 aromatic heterocycles. The molecule has 0 amide bonds. The molecule has 0 saturated heterocycles. The van der Waals surface area contributed by atoms with Crippen LogP contribution in [0, 0.1) is 0 Å². The van der Waals surface area contributed by atoms with Gasteiger partial charge in [-0.05, 0) is 30.5 Å². The van der Waals surface area contributed by atoms with E-state index in [1.54, 1.807) is 13.4 Å². The number of hydrogen-bond donors (Lipinski definition) is 1. The van der Waals surface area contributed by atoms with Crippen LogP contribution in [0.15, 0.2) is 30.6 Å². The predicted molar refractivity (Wildman–Crippen MR) is 88.6 cm³/mol. The number of nitrogens with zero attached hydrogens (tertiary/aromatic N) is 4. The number of aromatic nitrogens is 4. The summed E-state index contributed by atoms with van der Waals surface area (Å²) in [5.74, 6) is 2.78. The molecule has 6 nitrogen and oxygen atoms in total. The average molecular weight is 309 g/mol. The normalized spacial score (nSPS) is 13.8. The van der Waals surface area contributed by atoms with Gasteiger partial charge >= 0.3 is 0 Å². The lowest BCUT2D eigenvalue weighted by Gasteiger charge is -2.13. The molecule has 1 aromatic carbocycles. The largest absolute Gasteiger partial charge is 0.497 e. The minimum absolute atomic E-state index is 0.693. The van der Waals surface area contributed by atoms with E-state index in [9.17, 15) is 0 Å². The molecule has 3 aromatic rings. The number of benzene rings is 1. The number of hydrogen-bond acceptors (Lipinski definition) is 5. The van der Waals surface area contributed by atoms with E-state index in [1.165, 1.54) is 18.4 Å². The maximum Gasteiger partial charge on any atom is 0.165 e. The van der Waals surface area contributed by atoms with Crippen LogP contribution in [0.2, 0.25) is 0 Å². The third kappa shape index (κ3) is 2.60. The van der Waals surface area contributed by atoms with Crippen LogP contribution in [0.25, 0.3) is 11.2 Å². The number of anilines is 1. The van der Waals surface area contributed by atoms with E-state index in [1.807, 2.05) is 24.3 Å². The monoisotopic (exact) mass is 309 g/mol. The van der Waals surface area contributed by atoms with Crippen LogP contribution in [0.5, 0.6) is 5.75 Å². The highest BCUT2D eigenvalue weighted by molar-refractivity contribution is 5.83. The summed E-state index contributed by atoms with van der Waals surface area (Å²) < 4.78 is 7.40. The van der Waals surface area contributed by atoms with Gasteiger partial charge in [0.05, 0.1) is 7.11 Å². The van der Waals surface area contributed by atoms with Crippen LogP contribution in [0.1, 0.15) is 24.2 Å². The Bertz CT molecular complexity index is 825. The Hall–Kier alpha value is -2.63. The van der Waals surface area contributed by atoms with Crippen LogP contribution in [-0.4, -0.2) is 26.6 Å². The minimum Gasteiger partial charge on any atom is -0.497 e. The van der Waals surface area contributed by atoms with Gasteiger partial charge in [0.2, 0.25) is 0 Å². The zero-order chi connectivity index (χ0) is 15.6. The fourth-order valence-electron chi connectivity index (χ4n) is 3.02. The molecular formula is C17H19N5O. The fraction of sp³-hybridized carbons (Fsp3) is 0.353. The van der Waals surface area contributed by atoms with Gasteiger partial charge in [-0.3, -0.25) is 0 Å². The Labute approximate surface area is 134 Å². The summed E-state index contributed by atoms with van der Waals surface area (Å²) in [7, 11) is 1.67. The summed E-state index contributed by atoms with van der Waals surface area (Å²) >= 11 is 0. The van der Waals surface area contributed by atoms with Crippen LogP contribution in [-0.2, 0) is 19.5 Å². The molecule has 0 aliphatic carbocycles. The Morgan fingerprint density at radius 3 is 2.87 bits per heavy atom. The molecule has 3 heterocycles. The third-order valence-electron chi connectivity index (χ3n) is 4.26. The number of imidazole rings is 1. The standard InChI is InChI=1S/C17H19N5O/c1-23-13-7-5-12(6-8-13)10-18-16-15-17(20-11-19-16)22-9-3-2-4-14(22)21-15/h5-8,11H,2-4,9-10H2,1H3,(H,18,19,20). The van der Waals surface area contributed by atoms with Gasteiger partial charge in [0.1, 0.15) is 17.9 Å². The summed E-state index contributed by atoms with van der Waals surface area (Å²) in [5, 5.41) is 3.38. The number of methoxy groups -OCH3 is 1. The maximum atomic E-state index is 5.18. The SMILES string of the molecule is COc1ccc(CNc2ncnc3c2nc2n3CCCC2)cc1. The van der Waals surface area contributed by atoms with Gasteiger partial charge in [-0.2, -0.15) is 0 Å². The molecular weight excluding hydrogens is 290 g/mol. The summed E-state index contributed by atoms with van der Waals surface area (Å²) in [5.41, 5.74) is 2.98. The highest BCUT2D eigenvalue weighted by atomic mass is 16.5. The van der Waals surface area contributed by atoms with Crippen molar-refractivity contribution in [2.45, 2.75) is 32.4 Å². The van der Waals surface area contributed by atoms with Crippen molar-refractivity contribution in [3.8, 4) is 5.75 Å². The molecule has 0 spiro atoms. The summed E-state index contributed by atoms with van der Waals surface area (Å²) in [6, 6.07) is 8.01. The topological polar surface area (TPSA) is 64.9 Å². The van der Waals surface area contributed by atoms with E-state index in [2.05, 4.69) is 19.9 Å². The zero-order valence-corrected chi connectivity index (χ0v) is 13.1. The molecule has 0 bridgehead atoms. The van der Waals surface area contributed by atoms with E-state index in [0.29, 0.717) is 6.54 Å². The van der Waals surface area contributed by atoms with Crippen molar-refractivity contribution < 1.29 is 4.74 Å². The molecule has 1 aliphatic rings. The van der Waals surface area contributed by atoms with E-state index < -0.39 is 0 Å². The predicted octanol–water partition coefficient (Wildman–Crippen LogP) is 2.78. The zero-order valence-electron chi connectivity index (χ0n) is 13.1. The quantitative estimate of drug-likeness (QED) is 0.803. The van der Waals surface area contributed by atoms with E-state index in [4.69, 9.17) is 9.72 Å². The maximum absolute atomic E-state index is 5.18. The van der Waals surface area contributed by atoms with Crippen molar-refractivity contribution in [3.05, 3.63) is 42.0 Å². The van der Waals surface area contributed by atoms with Gasteiger partial charge in [0, 0.05) is 19.5 Å². The van der Waals surface area contributed by atoms with E-state index in [0.717, 1.165) is 41.5 Å². The lowest BCUT2D eigenvalue weighted by Crippen LogP contribution is -2.10. The third-order valence-corrected chi connectivity index (χ3v) is 4.26. The highest BCUT2D eigenvalue weighted by Crippen LogP contribution is 2.24. The molecule has 0 saturated carbocycles. The van der Waals surface area contributed by atoms with Gasteiger partial charge in [0.15, 0.2) is 17.0 Å². The average Bonchev–Trinajstić information content (AvgIpc) is 3.00. The summed E-state index contributed by atoms with van der Waals surface area (Å²) in [6.45, 7) is 1.69. The lowest BCUT2D eigenvalue weighted by molar-refractivity contribution is 0.414.